The Morgan fingerprint density at radius 3 is 2.83 bits per heavy atom. The number of unbranched alkanes of at least 4 members (excludes halogenated alkanes) is 1. The molecule has 1 heterocycles. The van der Waals surface area contributed by atoms with Gasteiger partial charge >= 0.3 is 0 Å². The molecule has 0 aliphatic carbocycles. The predicted octanol–water partition coefficient (Wildman–Crippen LogP) is 3.43. The summed E-state index contributed by atoms with van der Waals surface area (Å²) in [5.41, 5.74) is 1.72. The zero-order valence-electron chi connectivity index (χ0n) is 11.1. The van der Waals surface area contributed by atoms with Crippen LogP contribution in [0, 0.1) is 0 Å². The number of hydrogen-bond donors (Lipinski definition) is 1. The number of aromatic amines is 1. The molecule has 96 valence electrons. The Kier molecular flexibility index (Phi) is 4.03. The van der Waals surface area contributed by atoms with Crippen LogP contribution in [0.5, 0.6) is 0 Å². The van der Waals surface area contributed by atoms with Crippen LogP contribution in [-0.2, 0) is 0 Å². The van der Waals surface area contributed by atoms with Gasteiger partial charge in [-0.2, -0.15) is 0 Å². The van der Waals surface area contributed by atoms with E-state index in [1.165, 1.54) is 0 Å². The molecule has 1 aromatic heterocycles. The third kappa shape index (κ3) is 2.40. The van der Waals surface area contributed by atoms with E-state index in [-0.39, 0.29) is 5.91 Å². The van der Waals surface area contributed by atoms with Gasteiger partial charge in [0.05, 0.1) is 11.1 Å². The number of nitrogens with zero attached hydrogens (tertiary/aromatic N) is 1. The SMILES string of the molecule is CCCCN(CC)C(=O)c1cccc2cc[nH]c12. The van der Waals surface area contributed by atoms with E-state index in [0.29, 0.717) is 0 Å². The van der Waals surface area contributed by atoms with E-state index >= 15 is 0 Å². The standard InChI is InChI=1S/C15H20N2O/c1-3-5-11-17(4-2)15(18)13-8-6-7-12-9-10-16-14(12)13/h6-10,16H,3-5,11H2,1-2H3. The number of fused-ring (bicyclic) bond motifs is 1. The van der Waals surface area contributed by atoms with E-state index in [4.69, 9.17) is 0 Å². The van der Waals surface area contributed by atoms with Gasteiger partial charge in [0, 0.05) is 24.7 Å². The molecule has 0 aliphatic rings. The maximum Gasteiger partial charge on any atom is 0.255 e. The largest absolute Gasteiger partial charge is 0.361 e. The fourth-order valence-electron chi connectivity index (χ4n) is 2.19. The molecule has 0 fully saturated rings. The first-order valence-electron chi connectivity index (χ1n) is 6.63. The minimum absolute atomic E-state index is 0.124. The van der Waals surface area contributed by atoms with Crippen molar-refractivity contribution < 1.29 is 4.79 Å². The zero-order valence-corrected chi connectivity index (χ0v) is 11.1. The van der Waals surface area contributed by atoms with Crippen molar-refractivity contribution in [3.05, 3.63) is 36.0 Å². The van der Waals surface area contributed by atoms with E-state index in [1.54, 1.807) is 0 Å². The van der Waals surface area contributed by atoms with E-state index in [1.807, 2.05) is 42.3 Å². The molecule has 0 saturated heterocycles. The van der Waals surface area contributed by atoms with Crippen molar-refractivity contribution in [3.63, 3.8) is 0 Å². The third-order valence-electron chi connectivity index (χ3n) is 3.27. The molecule has 1 aromatic carbocycles. The lowest BCUT2D eigenvalue weighted by molar-refractivity contribution is 0.0764. The average molecular weight is 244 g/mol. The summed E-state index contributed by atoms with van der Waals surface area (Å²) in [6, 6.07) is 7.85. The van der Waals surface area contributed by atoms with Crippen molar-refractivity contribution in [1.82, 2.24) is 9.88 Å². The number of amides is 1. The molecule has 2 aromatic rings. The van der Waals surface area contributed by atoms with Crippen molar-refractivity contribution >= 4 is 16.8 Å². The molecule has 3 heteroatoms. The van der Waals surface area contributed by atoms with Crippen LogP contribution in [0.1, 0.15) is 37.0 Å². The first-order valence-corrected chi connectivity index (χ1v) is 6.63. The molecule has 3 nitrogen and oxygen atoms in total. The molecule has 0 atom stereocenters. The molecular formula is C15H20N2O. The summed E-state index contributed by atoms with van der Waals surface area (Å²) in [5.74, 6) is 0.124. The lowest BCUT2D eigenvalue weighted by atomic mass is 10.1. The van der Waals surface area contributed by atoms with Crippen molar-refractivity contribution in [2.45, 2.75) is 26.7 Å². The summed E-state index contributed by atoms with van der Waals surface area (Å²) in [5, 5.41) is 1.09. The van der Waals surface area contributed by atoms with Crippen molar-refractivity contribution in [3.8, 4) is 0 Å². The molecule has 0 saturated carbocycles. The molecule has 0 spiro atoms. The maximum absolute atomic E-state index is 12.5. The van der Waals surface area contributed by atoms with Crippen LogP contribution in [0.15, 0.2) is 30.5 Å². The summed E-state index contributed by atoms with van der Waals surface area (Å²) in [4.78, 5) is 17.6. The molecule has 2 rings (SSSR count). The average Bonchev–Trinajstić information content (AvgIpc) is 2.87. The number of hydrogen-bond acceptors (Lipinski definition) is 1. The van der Waals surface area contributed by atoms with Gasteiger partial charge < -0.3 is 9.88 Å². The van der Waals surface area contributed by atoms with Crippen LogP contribution < -0.4 is 0 Å². The number of nitrogens with one attached hydrogen (secondary N) is 1. The van der Waals surface area contributed by atoms with E-state index in [2.05, 4.69) is 11.9 Å². The third-order valence-corrected chi connectivity index (χ3v) is 3.27. The van der Waals surface area contributed by atoms with E-state index in [0.717, 1.165) is 42.4 Å². The number of carbonyl (C=O) groups excluding carboxylic acids is 1. The Morgan fingerprint density at radius 2 is 2.11 bits per heavy atom. The number of para-hydroxylation sites is 1. The molecule has 0 unspecified atom stereocenters. The van der Waals surface area contributed by atoms with Gasteiger partial charge in [-0.3, -0.25) is 4.79 Å². The molecule has 0 bridgehead atoms. The molecule has 1 amide bonds. The zero-order chi connectivity index (χ0) is 13.0. The molecule has 1 N–H and O–H groups in total. The lowest BCUT2D eigenvalue weighted by Crippen LogP contribution is -2.31. The Hall–Kier alpha value is -1.77. The van der Waals surface area contributed by atoms with E-state index < -0.39 is 0 Å². The monoisotopic (exact) mass is 244 g/mol. The summed E-state index contributed by atoms with van der Waals surface area (Å²) in [7, 11) is 0. The second-order valence-corrected chi connectivity index (χ2v) is 4.49. The number of H-pyrrole nitrogens is 1. The topological polar surface area (TPSA) is 36.1 Å². The fraction of sp³-hybridized carbons (Fsp3) is 0.400. The van der Waals surface area contributed by atoms with Gasteiger partial charge in [0.2, 0.25) is 0 Å². The van der Waals surface area contributed by atoms with Crippen molar-refractivity contribution in [1.29, 1.82) is 0 Å². The van der Waals surface area contributed by atoms with Gasteiger partial charge in [0.1, 0.15) is 0 Å². The van der Waals surface area contributed by atoms with Gasteiger partial charge in [-0.25, -0.2) is 0 Å². The first kappa shape index (κ1) is 12.7. The highest BCUT2D eigenvalue weighted by atomic mass is 16.2. The minimum atomic E-state index is 0.124. The van der Waals surface area contributed by atoms with Crippen LogP contribution in [0.3, 0.4) is 0 Å². The quantitative estimate of drug-likeness (QED) is 0.859. The first-order chi connectivity index (χ1) is 8.77. The second-order valence-electron chi connectivity index (χ2n) is 4.49. The summed E-state index contributed by atoms with van der Waals surface area (Å²) in [6.07, 6.45) is 4.04. The van der Waals surface area contributed by atoms with Gasteiger partial charge in [0.15, 0.2) is 0 Å². The molecular weight excluding hydrogens is 224 g/mol. The van der Waals surface area contributed by atoms with Crippen molar-refractivity contribution in [2.24, 2.45) is 0 Å². The molecule has 0 aliphatic heterocycles. The Morgan fingerprint density at radius 1 is 1.28 bits per heavy atom. The Balaban J connectivity index is 2.29. The fourth-order valence-corrected chi connectivity index (χ4v) is 2.19. The Bertz CT molecular complexity index is 530. The van der Waals surface area contributed by atoms with Crippen LogP contribution >= 0.6 is 0 Å². The number of benzene rings is 1. The smallest absolute Gasteiger partial charge is 0.255 e. The maximum atomic E-state index is 12.5. The van der Waals surface area contributed by atoms with E-state index in [9.17, 15) is 4.79 Å². The van der Waals surface area contributed by atoms with Gasteiger partial charge in [-0.1, -0.05) is 25.5 Å². The van der Waals surface area contributed by atoms with Crippen LogP contribution in [0.2, 0.25) is 0 Å². The molecule has 0 radical (unpaired) electrons. The predicted molar refractivity (Wildman–Crippen MR) is 74.8 cm³/mol. The van der Waals surface area contributed by atoms with Crippen molar-refractivity contribution in [2.75, 3.05) is 13.1 Å². The second kappa shape index (κ2) is 5.71. The van der Waals surface area contributed by atoms with Gasteiger partial charge in [-0.15, -0.1) is 0 Å². The lowest BCUT2D eigenvalue weighted by Gasteiger charge is -2.21. The highest BCUT2D eigenvalue weighted by molar-refractivity contribution is 6.05. The molecule has 18 heavy (non-hydrogen) atoms. The normalized spacial score (nSPS) is 10.8. The summed E-state index contributed by atoms with van der Waals surface area (Å²) in [6.45, 7) is 5.77. The van der Waals surface area contributed by atoms with Crippen LogP contribution in [0.25, 0.3) is 10.9 Å². The summed E-state index contributed by atoms with van der Waals surface area (Å²) >= 11 is 0. The van der Waals surface area contributed by atoms with Crippen LogP contribution in [0.4, 0.5) is 0 Å². The highest BCUT2D eigenvalue weighted by Gasteiger charge is 2.16. The van der Waals surface area contributed by atoms with Crippen LogP contribution in [-0.4, -0.2) is 28.9 Å². The van der Waals surface area contributed by atoms with Gasteiger partial charge in [-0.05, 0) is 25.5 Å². The number of carbonyl (C=O) groups is 1. The number of rotatable bonds is 5. The Labute approximate surface area is 108 Å². The minimum Gasteiger partial charge on any atom is -0.361 e. The van der Waals surface area contributed by atoms with Gasteiger partial charge in [0.25, 0.3) is 5.91 Å². The number of aromatic nitrogens is 1. The highest BCUT2D eigenvalue weighted by Crippen LogP contribution is 2.18. The summed E-state index contributed by atoms with van der Waals surface area (Å²) < 4.78 is 0.